The van der Waals surface area contributed by atoms with E-state index in [1.807, 2.05) is 0 Å². The van der Waals surface area contributed by atoms with Crippen molar-refractivity contribution in [2.45, 2.75) is 6.92 Å². The van der Waals surface area contributed by atoms with Crippen molar-refractivity contribution >= 4 is 12.4 Å². The van der Waals surface area contributed by atoms with Gasteiger partial charge >= 0.3 is 6.09 Å². The number of nitrogens with two attached hydrogens (primary N) is 1. The molecule has 0 aromatic rings. The first-order valence-electron chi connectivity index (χ1n) is 2.09. The van der Waals surface area contributed by atoms with E-state index in [0.29, 0.717) is 5.57 Å². The van der Waals surface area contributed by atoms with Gasteiger partial charge < -0.3 is 10.8 Å². The molecule has 0 fully saturated rings. The summed E-state index contributed by atoms with van der Waals surface area (Å²) in [6, 6.07) is 0. The first kappa shape index (κ1) is 10.6. The van der Waals surface area contributed by atoms with E-state index in [-0.39, 0.29) is 0 Å². The van der Waals surface area contributed by atoms with Crippen LogP contribution >= 0.6 is 0 Å². The zero-order chi connectivity index (χ0) is 7.86. The fraction of sp³-hybridized carbons (Fsp3) is 0.200. The van der Waals surface area contributed by atoms with Gasteiger partial charge in [0.25, 0.3) is 0 Å². The highest BCUT2D eigenvalue weighted by Gasteiger charge is 1.66. The van der Waals surface area contributed by atoms with Gasteiger partial charge in [-0.05, 0) is 12.5 Å². The molecule has 0 heterocycles. The second-order valence-electron chi connectivity index (χ2n) is 1.30. The smallest absolute Gasteiger partial charge is 0.402 e. The molecule has 0 saturated heterocycles. The van der Waals surface area contributed by atoms with Crippen LogP contribution in [0.3, 0.4) is 0 Å². The Morgan fingerprint density at radius 1 is 1.78 bits per heavy atom. The van der Waals surface area contributed by atoms with Crippen molar-refractivity contribution in [3.8, 4) is 0 Å². The van der Waals surface area contributed by atoms with Crippen molar-refractivity contribution in [2.75, 3.05) is 0 Å². The first-order valence-corrected chi connectivity index (χ1v) is 2.09. The maximum atomic E-state index is 9.41. The summed E-state index contributed by atoms with van der Waals surface area (Å²) in [6.45, 7) is 4.97. The lowest BCUT2D eigenvalue weighted by Crippen LogP contribution is -2.03. The predicted molar refractivity (Wildman–Crippen MR) is 33.1 cm³/mol. The minimum atomic E-state index is -1.33. The molecule has 0 aromatic carbocycles. The minimum absolute atomic E-state index is 0.574. The Kier molecular flexibility index (Phi) is 7.88. The summed E-state index contributed by atoms with van der Waals surface area (Å²) in [5.74, 6) is 0. The third kappa shape index (κ3) is 316. The van der Waals surface area contributed by atoms with Gasteiger partial charge in [-0.25, -0.2) is 4.79 Å². The van der Waals surface area contributed by atoms with Crippen LogP contribution in [0.2, 0.25) is 0 Å². The van der Waals surface area contributed by atoms with Gasteiger partial charge in [-0.2, -0.15) is 0 Å². The van der Waals surface area contributed by atoms with E-state index in [1.54, 1.807) is 6.92 Å². The van der Waals surface area contributed by atoms with Crippen LogP contribution in [0.5, 0.6) is 0 Å². The van der Waals surface area contributed by atoms with E-state index in [9.17, 15) is 4.79 Å². The third-order valence-electron chi connectivity index (χ3n) is 0.201. The van der Waals surface area contributed by atoms with Crippen molar-refractivity contribution in [3.05, 3.63) is 12.2 Å². The summed E-state index contributed by atoms with van der Waals surface area (Å²) >= 11 is 0. The van der Waals surface area contributed by atoms with Gasteiger partial charge in [-0.15, -0.1) is 0 Å². The average molecular weight is 131 g/mol. The number of carboxylic acid groups (broad SMARTS) is 1. The number of amides is 1. The molecule has 0 unspecified atom stereocenters. The van der Waals surface area contributed by atoms with Crippen LogP contribution in [0, 0.1) is 0 Å². The van der Waals surface area contributed by atoms with E-state index in [1.165, 1.54) is 0 Å². The second-order valence-corrected chi connectivity index (χ2v) is 1.30. The van der Waals surface area contributed by atoms with Crippen molar-refractivity contribution in [1.29, 1.82) is 0 Å². The Balaban J connectivity index is 0. The van der Waals surface area contributed by atoms with Gasteiger partial charge in [0.2, 0.25) is 0 Å². The highest BCUT2D eigenvalue weighted by molar-refractivity contribution is 5.70. The Hall–Kier alpha value is -1.32. The van der Waals surface area contributed by atoms with Crippen molar-refractivity contribution in [3.63, 3.8) is 0 Å². The van der Waals surface area contributed by atoms with Crippen molar-refractivity contribution in [1.82, 2.24) is 0 Å². The number of allylic oxidation sites excluding steroid dienone is 1. The van der Waals surface area contributed by atoms with E-state index >= 15 is 0 Å². The van der Waals surface area contributed by atoms with Crippen LogP contribution < -0.4 is 5.73 Å². The summed E-state index contributed by atoms with van der Waals surface area (Å²) in [7, 11) is 0. The molecule has 0 aromatic heterocycles. The normalized spacial score (nSPS) is 6.33. The highest BCUT2D eigenvalue weighted by Crippen LogP contribution is 1.70. The lowest BCUT2D eigenvalue weighted by Gasteiger charge is -1.65. The zero-order valence-electron chi connectivity index (χ0n) is 5.13. The Morgan fingerprint density at radius 3 is 1.89 bits per heavy atom. The molecule has 0 bridgehead atoms. The molecule has 0 aliphatic heterocycles. The maximum absolute atomic E-state index is 9.41. The number of aldehydes is 1. The molecular formula is C5H9NO3. The molecule has 4 heteroatoms. The molecule has 9 heavy (non-hydrogen) atoms. The Labute approximate surface area is 53.0 Å². The van der Waals surface area contributed by atoms with Crippen molar-refractivity contribution in [2.24, 2.45) is 5.73 Å². The van der Waals surface area contributed by atoms with Crippen LogP contribution in [0.25, 0.3) is 0 Å². The summed E-state index contributed by atoms with van der Waals surface area (Å²) in [4.78, 5) is 18.2. The number of primary amides is 1. The molecule has 1 amide bonds. The Bertz CT molecular complexity index is 115. The first-order chi connectivity index (χ1) is 4.00. The molecule has 0 aliphatic rings. The maximum Gasteiger partial charge on any atom is 0.402 e. The van der Waals surface area contributed by atoms with Gasteiger partial charge in [0, 0.05) is 0 Å². The molecular weight excluding hydrogens is 122 g/mol. The molecule has 0 saturated carbocycles. The molecule has 4 nitrogen and oxygen atoms in total. The SMILES string of the molecule is C=C(C)C=O.NC(=O)O. The fourth-order valence-electron chi connectivity index (χ4n) is 0. The van der Waals surface area contributed by atoms with Crippen molar-refractivity contribution < 1.29 is 14.7 Å². The second kappa shape index (κ2) is 6.68. The monoisotopic (exact) mass is 131 g/mol. The van der Waals surface area contributed by atoms with Gasteiger partial charge in [-0.3, -0.25) is 4.79 Å². The summed E-state index contributed by atoms with van der Waals surface area (Å²) in [6.07, 6.45) is -0.611. The van der Waals surface area contributed by atoms with Gasteiger partial charge in [0.1, 0.15) is 6.29 Å². The lowest BCUT2D eigenvalue weighted by molar-refractivity contribution is -0.104. The lowest BCUT2D eigenvalue weighted by atomic mass is 10.4. The summed E-state index contributed by atoms with van der Waals surface area (Å²) in [5, 5.41) is 7.19. The topological polar surface area (TPSA) is 80.4 Å². The summed E-state index contributed by atoms with van der Waals surface area (Å²) < 4.78 is 0. The van der Waals surface area contributed by atoms with E-state index in [2.05, 4.69) is 12.3 Å². The predicted octanol–water partition coefficient (Wildman–Crippen LogP) is 0.385. The molecule has 0 spiro atoms. The Morgan fingerprint density at radius 2 is 1.89 bits per heavy atom. The molecule has 0 atom stereocenters. The van der Waals surface area contributed by atoms with Gasteiger partial charge in [0.15, 0.2) is 0 Å². The minimum Gasteiger partial charge on any atom is -0.465 e. The van der Waals surface area contributed by atoms with Crippen LogP contribution in [0.4, 0.5) is 4.79 Å². The molecule has 0 aliphatic carbocycles. The molecule has 0 radical (unpaired) electrons. The quantitative estimate of drug-likeness (QED) is 0.399. The van der Waals surface area contributed by atoms with Gasteiger partial charge in [-0.1, -0.05) is 6.58 Å². The fourth-order valence-corrected chi connectivity index (χ4v) is 0. The number of carbonyl (C=O) groups is 2. The zero-order valence-corrected chi connectivity index (χ0v) is 5.13. The largest absolute Gasteiger partial charge is 0.465 e. The third-order valence-corrected chi connectivity index (χ3v) is 0.201. The molecule has 0 rings (SSSR count). The van der Waals surface area contributed by atoms with E-state index in [4.69, 9.17) is 9.90 Å². The molecule has 3 N–H and O–H groups in total. The number of carbonyl (C=O) groups excluding carboxylic acids is 1. The summed E-state index contributed by atoms with van der Waals surface area (Å²) in [5.41, 5.74) is 4.60. The van der Waals surface area contributed by atoms with Gasteiger partial charge in [0.05, 0.1) is 0 Å². The van der Waals surface area contributed by atoms with Crippen LogP contribution in [0.15, 0.2) is 12.2 Å². The molecule has 52 valence electrons. The van der Waals surface area contributed by atoms with Crippen LogP contribution in [-0.2, 0) is 4.79 Å². The number of hydrogen-bond acceptors (Lipinski definition) is 2. The van der Waals surface area contributed by atoms with E-state index < -0.39 is 6.09 Å². The number of rotatable bonds is 1. The van der Waals surface area contributed by atoms with Crippen LogP contribution in [0.1, 0.15) is 6.92 Å². The highest BCUT2D eigenvalue weighted by atomic mass is 16.4. The van der Waals surface area contributed by atoms with E-state index in [0.717, 1.165) is 6.29 Å². The number of hydrogen-bond donors (Lipinski definition) is 2. The average Bonchev–Trinajstić information content (AvgIpc) is 1.65. The van der Waals surface area contributed by atoms with Crippen LogP contribution in [-0.4, -0.2) is 17.5 Å². The standard InChI is InChI=1S/C4H6O.CH3NO2/c1-4(2)3-5;2-1(3)4/h3H,1H2,2H3;2H2,(H,3,4).